The molecule has 1 aromatic carbocycles. The second-order valence-corrected chi connectivity index (χ2v) is 5.75. The Morgan fingerprint density at radius 3 is 2.62 bits per heavy atom. The maximum absolute atomic E-state index is 6.03. The molecular weight excluding hydrogens is 311 g/mol. The minimum atomic E-state index is 0.297. The van der Waals surface area contributed by atoms with Crippen LogP contribution in [0.2, 0.25) is 10.0 Å². The van der Waals surface area contributed by atoms with Crippen LogP contribution < -0.4 is 4.74 Å². The summed E-state index contributed by atoms with van der Waals surface area (Å²) in [7, 11) is 0. The molecule has 1 saturated carbocycles. The van der Waals surface area contributed by atoms with E-state index in [1.165, 1.54) is 19.3 Å². The summed E-state index contributed by atoms with van der Waals surface area (Å²) in [4.78, 5) is 0. The molecule has 1 aromatic rings. The van der Waals surface area contributed by atoms with E-state index in [1.807, 2.05) is 0 Å². The predicted octanol–water partition coefficient (Wildman–Crippen LogP) is 4.94. The number of ether oxygens (including phenoxy) is 1. The Morgan fingerprint density at radius 1 is 1.31 bits per heavy atom. The minimum Gasteiger partial charge on any atom is -0.491 e. The minimum absolute atomic E-state index is 0.297. The molecule has 0 N–H and O–H groups in total. The molecule has 0 heterocycles. The fourth-order valence-electron chi connectivity index (χ4n) is 1.81. The standard InChI is InChI=1S/C12H13BrCl2O/c13-7-12(4-1-5-12)8-16-11-6-9(14)2-3-10(11)15/h2-3,6H,1,4-5,7-8H2. The van der Waals surface area contributed by atoms with Crippen LogP contribution in [-0.4, -0.2) is 11.9 Å². The third-order valence-electron chi connectivity index (χ3n) is 3.12. The van der Waals surface area contributed by atoms with Crippen LogP contribution in [0, 0.1) is 5.41 Å². The highest BCUT2D eigenvalue weighted by Gasteiger charge is 2.36. The van der Waals surface area contributed by atoms with Crippen molar-refractivity contribution in [2.24, 2.45) is 5.41 Å². The molecular formula is C12H13BrCl2O. The first-order valence-corrected chi connectivity index (χ1v) is 7.17. The van der Waals surface area contributed by atoms with Gasteiger partial charge in [-0.25, -0.2) is 0 Å². The summed E-state index contributed by atoms with van der Waals surface area (Å²) >= 11 is 15.5. The van der Waals surface area contributed by atoms with Crippen LogP contribution in [0.5, 0.6) is 5.75 Å². The van der Waals surface area contributed by atoms with Gasteiger partial charge in [0.2, 0.25) is 0 Å². The molecule has 0 unspecified atom stereocenters. The lowest BCUT2D eigenvalue weighted by Crippen LogP contribution is -2.37. The van der Waals surface area contributed by atoms with Gasteiger partial charge in [-0.3, -0.25) is 0 Å². The van der Waals surface area contributed by atoms with E-state index in [-0.39, 0.29) is 0 Å². The molecule has 0 saturated heterocycles. The molecule has 2 rings (SSSR count). The van der Waals surface area contributed by atoms with Crippen molar-refractivity contribution < 1.29 is 4.74 Å². The SMILES string of the molecule is Clc1ccc(Cl)c(OCC2(CBr)CCC2)c1. The lowest BCUT2D eigenvalue weighted by molar-refractivity contribution is 0.0839. The lowest BCUT2D eigenvalue weighted by Gasteiger charge is -2.40. The molecule has 0 bridgehead atoms. The first-order valence-electron chi connectivity index (χ1n) is 5.29. The predicted molar refractivity (Wildman–Crippen MR) is 72.0 cm³/mol. The van der Waals surface area contributed by atoms with Gasteiger partial charge in [-0.05, 0) is 25.0 Å². The van der Waals surface area contributed by atoms with Crippen molar-refractivity contribution >= 4 is 39.1 Å². The molecule has 1 nitrogen and oxygen atoms in total. The molecule has 0 atom stereocenters. The van der Waals surface area contributed by atoms with Crippen LogP contribution in [0.4, 0.5) is 0 Å². The van der Waals surface area contributed by atoms with Crippen molar-refractivity contribution in [2.75, 3.05) is 11.9 Å². The number of halogens is 3. The lowest BCUT2D eigenvalue weighted by atomic mass is 9.71. The Labute approximate surface area is 114 Å². The number of rotatable bonds is 4. The Morgan fingerprint density at radius 2 is 2.06 bits per heavy atom. The Hall–Kier alpha value is 0.0800. The van der Waals surface area contributed by atoms with Crippen LogP contribution in [0.3, 0.4) is 0 Å². The largest absolute Gasteiger partial charge is 0.491 e. The molecule has 1 aliphatic carbocycles. The average Bonchev–Trinajstić information content (AvgIpc) is 2.22. The molecule has 16 heavy (non-hydrogen) atoms. The fourth-order valence-corrected chi connectivity index (χ4v) is 2.87. The van der Waals surface area contributed by atoms with Gasteiger partial charge in [-0.15, -0.1) is 0 Å². The van der Waals surface area contributed by atoms with Gasteiger partial charge in [0, 0.05) is 21.8 Å². The van der Waals surface area contributed by atoms with Crippen LogP contribution >= 0.6 is 39.1 Å². The van der Waals surface area contributed by atoms with Gasteiger partial charge >= 0.3 is 0 Å². The molecule has 0 amide bonds. The van der Waals surface area contributed by atoms with Crippen LogP contribution in [0.15, 0.2) is 18.2 Å². The Bertz CT molecular complexity index is 372. The van der Waals surface area contributed by atoms with E-state index >= 15 is 0 Å². The van der Waals surface area contributed by atoms with E-state index < -0.39 is 0 Å². The zero-order valence-electron chi connectivity index (χ0n) is 8.81. The molecule has 0 radical (unpaired) electrons. The summed E-state index contributed by atoms with van der Waals surface area (Å²) in [5.74, 6) is 0.682. The van der Waals surface area contributed by atoms with Crippen molar-refractivity contribution in [3.05, 3.63) is 28.2 Å². The normalized spacial score (nSPS) is 17.9. The third kappa shape index (κ3) is 2.66. The summed E-state index contributed by atoms with van der Waals surface area (Å²) in [5, 5.41) is 2.26. The van der Waals surface area contributed by atoms with Crippen molar-refractivity contribution in [3.63, 3.8) is 0 Å². The van der Waals surface area contributed by atoms with E-state index in [0.29, 0.717) is 27.8 Å². The first-order chi connectivity index (χ1) is 7.65. The van der Waals surface area contributed by atoms with Gasteiger partial charge in [0.1, 0.15) is 5.75 Å². The second kappa shape index (κ2) is 5.16. The van der Waals surface area contributed by atoms with E-state index in [4.69, 9.17) is 27.9 Å². The number of benzene rings is 1. The molecule has 0 aliphatic heterocycles. The zero-order chi connectivity index (χ0) is 11.6. The molecule has 88 valence electrons. The summed E-state index contributed by atoms with van der Waals surface area (Å²) in [6.45, 7) is 0.707. The van der Waals surface area contributed by atoms with Gasteiger partial charge in [-0.2, -0.15) is 0 Å². The summed E-state index contributed by atoms with van der Waals surface area (Å²) in [6, 6.07) is 5.30. The molecule has 0 spiro atoms. The summed E-state index contributed by atoms with van der Waals surface area (Å²) < 4.78 is 5.77. The Kier molecular flexibility index (Phi) is 4.04. The highest BCUT2D eigenvalue weighted by Crippen LogP contribution is 2.43. The quantitative estimate of drug-likeness (QED) is 0.713. The summed E-state index contributed by atoms with van der Waals surface area (Å²) in [6.07, 6.45) is 3.73. The molecule has 0 aromatic heterocycles. The maximum Gasteiger partial charge on any atom is 0.139 e. The van der Waals surface area contributed by atoms with Gasteiger partial charge < -0.3 is 4.74 Å². The Balaban J connectivity index is 2.01. The highest BCUT2D eigenvalue weighted by molar-refractivity contribution is 9.09. The average molecular weight is 324 g/mol. The summed E-state index contributed by atoms with van der Waals surface area (Å²) in [5.41, 5.74) is 0.297. The topological polar surface area (TPSA) is 9.23 Å². The van der Waals surface area contributed by atoms with Gasteiger partial charge in [0.25, 0.3) is 0 Å². The van der Waals surface area contributed by atoms with Gasteiger partial charge in [0.15, 0.2) is 0 Å². The molecule has 1 fully saturated rings. The first kappa shape index (κ1) is 12.5. The number of hydrogen-bond acceptors (Lipinski definition) is 1. The van der Waals surface area contributed by atoms with Crippen LogP contribution in [0.25, 0.3) is 0 Å². The van der Waals surface area contributed by atoms with Crippen molar-refractivity contribution in [2.45, 2.75) is 19.3 Å². The van der Waals surface area contributed by atoms with Crippen molar-refractivity contribution in [1.82, 2.24) is 0 Å². The smallest absolute Gasteiger partial charge is 0.139 e. The van der Waals surface area contributed by atoms with E-state index in [0.717, 1.165) is 5.33 Å². The van der Waals surface area contributed by atoms with Crippen LogP contribution in [0.1, 0.15) is 19.3 Å². The molecule has 4 heteroatoms. The van der Waals surface area contributed by atoms with Gasteiger partial charge in [-0.1, -0.05) is 45.6 Å². The maximum atomic E-state index is 6.03. The van der Waals surface area contributed by atoms with E-state index in [2.05, 4.69) is 15.9 Å². The molecule has 1 aliphatic rings. The second-order valence-electron chi connectivity index (χ2n) is 4.35. The van der Waals surface area contributed by atoms with Crippen LogP contribution in [-0.2, 0) is 0 Å². The third-order valence-corrected chi connectivity index (χ3v) is 4.86. The highest BCUT2D eigenvalue weighted by atomic mass is 79.9. The van der Waals surface area contributed by atoms with Crippen molar-refractivity contribution in [1.29, 1.82) is 0 Å². The number of alkyl halides is 1. The van der Waals surface area contributed by atoms with E-state index in [9.17, 15) is 0 Å². The fraction of sp³-hybridized carbons (Fsp3) is 0.500. The van der Waals surface area contributed by atoms with Crippen molar-refractivity contribution in [3.8, 4) is 5.75 Å². The zero-order valence-corrected chi connectivity index (χ0v) is 11.9. The number of hydrogen-bond donors (Lipinski definition) is 0. The van der Waals surface area contributed by atoms with E-state index in [1.54, 1.807) is 18.2 Å². The monoisotopic (exact) mass is 322 g/mol. The van der Waals surface area contributed by atoms with Gasteiger partial charge in [0.05, 0.1) is 11.6 Å².